The molecule has 0 aliphatic carbocycles. The van der Waals surface area contributed by atoms with E-state index in [0.717, 1.165) is 14.7 Å². The zero-order chi connectivity index (χ0) is 24.7. The van der Waals surface area contributed by atoms with Gasteiger partial charge >= 0.3 is 0 Å². The van der Waals surface area contributed by atoms with Crippen molar-refractivity contribution in [2.24, 2.45) is 0 Å². The van der Waals surface area contributed by atoms with Crippen LogP contribution in [0.25, 0.3) is 6.08 Å². The predicted molar refractivity (Wildman–Crippen MR) is 145 cm³/mol. The van der Waals surface area contributed by atoms with Crippen molar-refractivity contribution >= 4 is 63.5 Å². The van der Waals surface area contributed by atoms with Crippen molar-refractivity contribution in [2.75, 3.05) is 11.9 Å². The Balaban J connectivity index is 1.84. The maximum absolute atomic E-state index is 12.7. The van der Waals surface area contributed by atoms with Gasteiger partial charge in [-0.15, -0.1) is 0 Å². The molecule has 0 spiro atoms. The fourth-order valence-corrected chi connectivity index (χ4v) is 4.08. The largest absolute Gasteiger partial charge is 0.490 e. The number of amides is 1. The van der Waals surface area contributed by atoms with Crippen molar-refractivity contribution in [3.8, 4) is 17.6 Å². The number of carbonyl (C=O) groups excluding carboxylic acids is 1. The quantitative estimate of drug-likeness (QED) is 0.164. The second kappa shape index (κ2) is 12.1. The van der Waals surface area contributed by atoms with Gasteiger partial charge in [0.25, 0.3) is 5.91 Å². The lowest BCUT2D eigenvalue weighted by molar-refractivity contribution is -0.112. The number of nitrogens with zero attached hydrogens (tertiary/aromatic N) is 1. The first-order valence-corrected chi connectivity index (χ1v) is 12.2. The molecule has 8 heteroatoms. The van der Waals surface area contributed by atoms with Gasteiger partial charge in [-0.1, -0.05) is 41.4 Å². The van der Waals surface area contributed by atoms with Crippen LogP contribution in [0.3, 0.4) is 0 Å². The molecule has 0 saturated heterocycles. The molecule has 0 unspecified atom stereocenters. The average molecular weight is 607 g/mol. The van der Waals surface area contributed by atoms with Crippen LogP contribution < -0.4 is 14.8 Å². The van der Waals surface area contributed by atoms with Crippen molar-refractivity contribution < 1.29 is 14.3 Å². The standard InChI is InChI=1S/C26H21Cl2IN2O3/c1-3-33-24-12-18(11-23(29)25(24)34-15-17-5-7-20(27)8-6-17)10-19(14-30)26(32)31-21-9-4-16(2)22(28)13-21/h4-13H,3,15H2,1-2H3,(H,31,32)/b19-10-. The first-order chi connectivity index (χ1) is 16.3. The van der Waals surface area contributed by atoms with E-state index in [0.29, 0.717) is 46.0 Å². The number of ether oxygens (including phenoxy) is 2. The highest BCUT2D eigenvalue weighted by Gasteiger charge is 2.15. The molecular formula is C26H21Cl2IN2O3. The van der Waals surface area contributed by atoms with E-state index in [2.05, 4.69) is 27.9 Å². The Morgan fingerprint density at radius 3 is 2.50 bits per heavy atom. The number of rotatable bonds is 8. The fourth-order valence-electron chi connectivity index (χ4n) is 2.99. The van der Waals surface area contributed by atoms with Gasteiger partial charge in [-0.25, -0.2) is 0 Å². The summed E-state index contributed by atoms with van der Waals surface area (Å²) < 4.78 is 12.6. The molecule has 0 saturated carbocycles. The van der Waals surface area contributed by atoms with Crippen LogP contribution >= 0.6 is 45.8 Å². The highest BCUT2D eigenvalue weighted by Crippen LogP contribution is 2.35. The first-order valence-electron chi connectivity index (χ1n) is 10.3. The number of hydrogen-bond donors (Lipinski definition) is 1. The number of nitrogens with one attached hydrogen (secondary N) is 1. The molecule has 174 valence electrons. The van der Waals surface area contributed by atoms with E-state index in [4.69, 9.17) is 32.7 Å². The summed E-state index contributed by atoms with van der Waals surface area (Å²) in [4.78, 5) is 12.7. The molecule has 0 fully saturated rings. The zero-order valence-corrected chi connectivity index (χ0v) is 22.2. The Labute approximate surface area is 222 Å². The Kier molecular flexibility index (Phi) is 9.22. The van der Waals surface area contributed by atoms with Crippen LogP contribution in [-0.4, -0.2) is 12.5 Å². The highest BCUT2D eigenvalue weighted by molar-refractivity contribution is 14.1. The topological polar surface area (TPSA) is 71.3 Å². The number of aryl methyl sites for hydroxylation is 1. The summed E-state index contributed by atoms with van der Waals surface area (Å²) >= 11 is 14.2. The molecule has 0 radical (unpaired) electrons. The third kappa shape index (κ3) is 6.89. The van der Waals surface area contributed by atoms with Gasteiger partial charge in [0.2, 0.25) is 0 Å². The van der Waals surface area contributed by atoms with E-state index in [-0.39, 0.29) is 5.57 Å². The van der Waals surface area contributed by atoms with E-state index < -0.39 is 5.91 Å². The Bertz CT molecular complexity index is 1270. The minimum atomic E-state index is -0.529. The van der Waals surface area contributed by atoms with Gasteiger partial charge in [-0.3, -0.25) is 4.79 Å². The third-order valence-corrected chi connectivity index (χ3v) is 6.19. The molecule has 1 N–H and O–H groups in total. The van der Waals surface area contributed by atoms with Gasteiger partial charge in [-0.2, -0.15) is 5.26 Å². The number of carbonyl (C=O) groups is 1. The van der Waals surface area contributed by atoms with E-state index >= 15 is 0 Å². The molecule has 0 aliphatic heterocycles. The Morgan fingerprint density at radius 1 is 1.12 bits per heavy atom. The summed E-state index contributed by atoms with van der Waals surface area (Å²) in [6.45, 7) is 4.52. The van der Waals surface area contributed by atoms with Gasteiger partial charge in [0, 0.05) is 15.7 Å². The van der Waals surface area contributed by atoms with E-state index in [9.17, 15) is 10.1 Å². The zero-order valence-electron chi connectivity index (χ0n) is 18.5. The van der Waals surface area contributed by atoms with Crippen molar-refractivity contribution in [2.45, 2.75) is 20.5 Å². The van der Waals surface area contributed by atoms with Gasteiger partial charge in [0.05, 0.1) is 10.2 Å². The van der Waals surface area contributed by atoms with Crippen molar-refractivity contribution in [1.82, 2.24) is 0 Å². The summed E-state index contributed by atoms with van der Waals surface area (Å²) in [6.07, 6.45) is 1.51. The molecule has 3 aromatic rings. The molecule has 5 nitrogen and oxygen atoms in total. The Hall–Kier alpha value is -2.73. The molecule has 0 bridgehead atoms. The van der Waals surface area contributed by atoms with Crippen LogP contribution in [0.2, 0.25) is 10.0 Å². The minimum Gasteiger partial charge on any atom is -0.490 e. The van der Waals surface area contributed by atoms with E-state index in [1.165, 1.54) is 6.08 Å². The van der Waals surface area contributed by atoms with Crippen LogP contribution in [0.15, 0.2) is 60.2 Å². The van der Waals surface area contributed by atoms with E-state index in [1.807, 2.05) is 50.2 Å². The van der Waals surface area contributed by atoms with Gasteiger partial charge in [0.15, 0.2) is 11.5 Å². The van der Waals surface area contributed by atoms with Crippen molar-refractivity contribution in [3.63, 3.8) is 0 Å². The van der Waals surface area contributed by atoms with Crippen molar-refractivity contribution in [1.29, 1.82) is 5.26 Å². The summed E-state index contributed by atoms with van der Waals surface area (Å²) in [5, 5.41) is 13.5. The lowest BCUT2D eigenvalue weighted by atomic mass is 10.1. The molecule has 3 rings (SSSR count). The van der Waals surface area contributed by atoms with Crippen LogP contribution in [-0.2, 0) is 11.4 Å². The SMILES string of the molecule is CCOc1cc(/C=C(/C#N)C(=O)Nc2ccc(C)c(Cl)c2)cc(I)c1OCc1ccc(Cl)cc1. The number of benzene rings is 3. The lowest BCUT2D eigenvalue weighted by Crippen LogP contribution is -2.13. The monoisotopic (exact) mass is 606 g/mol. The number of nitriles is 1. The predicted octanol–water partition coefficient (Wildman–Crippen LogP) is 7.43. The maximum atomic E-state index is 12.7. The lowest BCUT2D eigenvalue weighted by Gasteiger charge is -2.15. The first kappa shape index (κ1) is 25.9. The van der Waals surface area contributed by atoms with Crippen LogP contribution in [0.1, 0.15) is 23.6 Å². The Morgan fingerprint density at radius 2 is 1.85 bits per heavy atom. The number of hydrogen-bond acceptors (Lipinski definition) is 4. The summed E-state index contributed by atoms with van der Waals surface area (Å²) in [6, 6.07) is 18.1. The molecule has 0 aromatic heterocycles. The highest BCUT2D eigenvalue weighted by atomic mass is 127. The molecule has 3 aromatic carbocycles. The van der Waals surface area contributed by atoms with Gasteiger partial charge < -0.3 is 14.8 Å². The summed E-state index contributed by atoms with van der Waals surface area (Å²) in [7, 11) is 0. The van der Waals surface area contributed by atoms with E-state index in [1.54, 1.807) is 24.3 Å². The van der Waals surface area contributed by atoms with Crippen LogP contribution in [0.5, 0.6) is 11.5 Å². The maximum Gasteiger partial charge on any atom is 0.266 e. The minimum absolute atomic E-state index is 0.0511. The summed E-state index contributed by atoms with van der Waals surface area (Å²) in [5.41, 5.74) is 2.96. The second-order valence-electron chi connectivity index (χ2n) is 7.27. The molecule has 0 heterocycles. The molecular weight excluding hydrogens is 586 g/mol. The van der Waals surface area contributed by atoms with Crippen molar-refractivity contribution in [3.05, 3.63) is 90.5 Å². The van der Waals surface area contributed by atoms with Gasteiger partial charge in [0.1, 0.15) is 18.2 Å². The molecule has 34 heavy (non-hydrogen) atoms. The van der Waals surface area contributed by atoms with Gasteiger partial charge in [-0.05, 0) is 95.6 Å². The average Bonchev–Trinajstić information content (AvgIpc) is 2.80. The molecule has 1 amide bonds. The third-order valence-electron chi connectivity index (χ3n) is 4.73. The van der Waals surface area contributed by atoms with Crippen LogP contribution in [0.4, 0.5) is 5.69 Å². The number of halogens is 3. The smallest absolute Gasteiger partial charge is 0.266 e. The normalized spacial score (nSPS) is 11.0. The summed E-state index contributed by atoms with van der Waals surface area (Å²) in [5.74, 6) is 0.586. The molecule has 0 atom stereocenters. The molecule has 0 aliphatic rings. The number of anilines is 1. The second-order valence-corrected chi connectivity index (χ2v) is 9.27. The van der Waals surface area contributed by atoms with Crippen LogP contribution in [0, 0.1) is 21.8 Å². The fraction of sp³-hybridized carbons (Fsp3) is 0.154.